The van der Waals surface area contributed by atoms with Crippen LogP contribution >= 0.6 is 11.8 Å². The van der Waals surface area contributed by atoms with E-state index in [-0.39, 0.29) is 17.8 Å². The van der Waals surface area contributed by atoms with Crippen LogP contribution in [0.4, 0.5) is 4.39 Å². The summed E-state index contributed by atoms with van der Waals surface area (Å²) < 4.78 is 13.0. The summed E-state index contributed by atoms with van der Waals surface area (Å²) >= 11 is 1.77. The van der Waals surface area contributed by atoms with E-state index in [0.29, 0.717) is 5.56 Å². The minimum Gasteiger partial charge on any atom is -0.346 e. The van der Waals surface area contributed by atoms with Gasteiger partial charge in [0.05, 0.1) is 6.04 Å². The third-order valence-electron chi connectivity index (χ3n) is 4.36. The van der Waals surface area contributed by atoms with Gasteiger partial charge in [-0.1, -0.05) is 42.0 Å². The smallest absolute Gasteiger partial charge is 0.251 e. The number of benzene rings is 3. The summed E-state index contributed by atoms with van der Waals surface area (Å²) in [5.41, 5.74) is 3.91. The Bertz CT molecular complexity index is 889. The van der Waals surface area contributed by atoms with E-state index < -0.39 is 0 Å². The second-order valence-corrected chi connectivity index (χ2v) is 7.59. The maximum atomic E-state index is 13.0. The molecule has 3 rings (SSSR count). The van der Waals surface area contributed by atoms with Crippen molar-refractivity contribution in [1.29, 1.82) is 0 Å². The molecule has 0 aliphatic heterocycles. The van der Waals surface area contributed by atoms with Crippen molar-refractivity contribution in [2.45, 2.75) is 30.5 Å². The molecule has 0 aromatic heterocycles. The molecule has 0 radical (unpaired) electrons. The average Bonchev–Trinajstić information content (AvgIpc) is 2.68. The van der Waals surface area contributed by atoms with Crippen molar-refractivity contribution in [3.8, 4) is 0 Å². The largest absolute Gasteiger partial charge is 0.346 e. The van der Waals surface area contributed by atoms with Crippen LogP contribution in [0.2, 0.25) is 0 Å². The Labute approximate surface area is 163 Å². The zero-order valence-corrected chi connectivity index (χ0v) is 16.2. The van der Waals surface area contributed by atoms with Crippen molar-refractivity contribution in [2.24, 2.45) is 0 Å². The summed E-state index contributed by atoms with van der Waals surface area (Å²) in [5, 5.41) is 2.95. The molecule has 0 unspecified atom stereocenters. The molecule has 1 atom stereocenters. The molecule has 0 fully saturated rings. The van der Waals surface area contributed by atoms with Crippen LogP contribution in [0, 0.1) is 12.7 Å². The number of nitrogens with one attached hydrogen (secondary N) is 1. The fourth-order valence-electron chi connectivity index (χ4n) is 2.67. The summed E-state index contributed by atoms with van der Waals surface area (Å²) in [5.74, 6) is 0.442. The van der Waals surface area contributed by atoms with Crippen LogP contribution in [0.1, 0.15) is 40.0 Å². The maximum Gasteiger partial charge on any atom is 0.251 e. The molecule has 0 bridgehead atoms. The van der Waals surface area contributed by atoms with Gasteiger partial charge >= 0.3 is 0 Å². The number of carbonyl (C=O) groups is 1. The lowest BCUT2D eigenvalue weighted by Gasteiger charge is -2.14. The van der Waals surface area contributed by atoms with Crippen molar-refractivity contribution < 1.29 is 9.18 Å². The molecule has 4 heteroatoms. The van der Waals surface area contributed by atoms with E-state index in [1.54, 1.807) is 23.9 Å². The molecule has 0 aliphatic rings. The quantitative estimate of drug-likeness (QED) is 0.539. The monoisotopic (exact) mass is 379 g/mol. The van der Waals surface area contributed by atoms with Crippen LogP contribution in [0.5, 0.6) is 0 Å². The number of hydrogen-bond donors (Lipinski definition) is 1. The van der Waals surface area contributed by atoms with Crippen LogP contribution in [0.3, 0.4) is 0 Å². The summed E-state index contributed by atoms with van der Waals surface area (Å²) in [6, 6.07) is 22.1. The average molecular weight is 380 g/mol. The summed E-state index contributed by atoms with van der Waals surface area (Å²) in [7, 11) is 0. The molecule has 1 N–H and O–H groups in total. The number of aryl methyl sites for hydroxylation is 1. The number of halogens is 1. The summed E-state index contributed by atoms with van der Waals surface area (Å²) in [4.78, 5) is 13.7. The normalized spacial score (nSPS) is 11.8. The number of rotatable bonds is 6. The van der Waals surface area contributed by atoms with Gasteiger partial charge in [0, 0.05) is 16.2 Å². The molecule has 0 heterocycles. The van der Waals surface area contributed by atoms with Gasteiger partial charge in [-0.2, -0.15) is 0 Å². The van der Waals surface area contributed by atoms with Gasteiger partial charge in [0.2, 0.25) is 0 Å². The number of carbonyl (C=O) groups excluding carboxylic acids is 1. The van der Waals surface area contributed by atoms with Gasteiger partial charge in [-0.15, -0.1) is 11.8 Å². The van der Waals surface area contributed by atoms with E-state index >= 15 is 0 Å². The highest BCUT2D eigenvalue weighted by molar-refractivity contribution is 7.98. The first-order chi connectivity index (χ1) is 13.0. The SMILES string of the molecule is Cc1ccc(SCc2ccc(C(=O)N[C@H](C)c3ccc(F)cc3)cc2)cc1. The predicted molar refractivity (Wildman–Crippen MR) is 109 cm³/mol. The minimum atomic E-state index is -0.281. The van der Waals surface area contributed by atoms with Gasteiger partial charge in [0.25, 0.3) is 5.91 Å². The molecular weight excluding hydrogens is 357 g/mol. The van der Waals surface area contributed by atoms with Crippen LogP contribution in [0.25, 0.3) is 0 Å². The predicted octanol–water partition coefficient (Wildman–Crippen LogP) is 5.92. The maximum absolute atomic E-state index is 13.0. The van der Waals surface area contributed by atoms with Crippen molar-refractivity contribution in [1.82, 2.24) is 5.32 Å². The molecule has 0 spiro atoms. The Morgan fingerprint density at radius 1 is 0.963 bits per heavy atom. The number of amides is 1. The lowest BCUT2D eigenvalue weighted by molar-refractivity contribution is 0.0940. The molecule has 138 valence electrons. The topological polar surface area (TPSA) is 29.1 Å². The Morgan fingerprint density at radius 2 is 1.59 bits per heavy atom. The first-order valence-electron chi connectivity index (χ1n) is 8.86. The second-order valence-electron chi connectivity index (χ2n) is 6.55. The molecule has 0 saturated heterocycles. The van der Waals surface area contributed by atoms with Gasteiger partial charge in [-0.3, -0.25) is 4.79 Å². The minimum absolute atomic E-state index is 0.135. The standard InChI is InChI=1S/C23H22FNOS/c1-16-3-13-22(14-4-16)27-15-18-5-7-20(8-6-18)23(26)25-17(2)19-9-11-21(24)12-10-19/h3-14,17H,15H2,1-2H3,(H,25,26)/t17-/m1/s1. The summed E-state index contributed by atoms with van der Waals surface area (Å²) in [6.07, 6.45) is 0. The van der Waals surface area contributed by atoms with Crippen molar-refractivity contribution >= 4 is 17.7 Å². The second kappa shape index (κ2) is 8.87. The summed E-state index contributed by atoms with van der Waals surface area (Å²) in [6.45, 7) is 3.97. The van der Waals surface area contributed by atoms with Gasteiger partial charge in [0.15, 0.2) is 0 Å². The molecular formula is C23H22FNOS. The van der Waals surface area contributed by atoms with E-state index in [4.69, 9.17) is 0 Å². The molecule has 3 aromatic rings. The molecule has 27 heavy (non-hydrogen) atoms. The Kier molecular flexibility index (Phi) is 6.30. The van der Waals surface area contributed by atoms with Gasteiger partial charge < -0.3 is 5.32 Å². The molecule has 1 amide bonds. The zero-order valence-electron chi connectivity index (χ0n) is 15.4. The van der Waals surface area contributed by atoms with Crippen molar-refractivity contribution in [3.05, 3.63) is 101 Å². The first-order valence-corrected chi connectivity index (χ1v) is 9.84. The van der Waals surface area contributed by atoms with E-state index in [0.717, 1.165) is 11.3 Å². The molecule has 0 aliphatic carbocycles. The highest BCUT2D eigenvalue weighted by Crippen LogP contribution is 2.23. The lowest BCUT2D eigenvalue weighted by Crippen LogP contribution is -2.26. The number of thioether (sulfide) groups is 1. The van der Waals surface area contributed by atoms with Crippen molar-refractivity contribution in [2.75, 3.05) is 0 Å². The fourth-order valence-corrected chi connectivity index (χ4v) is 3.52. The van der Waals surface area contributed by atoms with E-state index in [9.17, 15) is 9.18 Å². The highest BCUT2D eigenvalue weighted by Gasteiger charge is 2.11. The molecule has 2 nitrogen and oxygen atoms in total. The van der Waals surface area contributed by atoms with Gasteiger partial charge in [-0.05, 0) is 61.4 Å². The first kappa shape index (κ1) is 19.2. The third kappa shape index (κ3) is 5.44. The number of hydrogen-bond acceptors (Lipinski definition) is 2. The van der Waals surface area contributed by atoms with E-state index in [2.05, 4.69) is 36.5 Å². The highest BCUT2D eigenvalue weighted by atomic mass is 32.2. The fraction of sp³-hybridized carbons (Fsp3) is 0.174. The van der Waals surface area contributed by atoms with Crippen LogP contribution < -0.4 is 5.32 Å². The Hall–Kier alpha value is -2.59. The Balaban J connectivity index is 1.56. The zero-order chi connectivity index (χ0) is 19.2. The van der Waals surface area contributed by atoms with Gasteiger partial charge in [0.1, 0.15) is 5.82 Å². The van der Waals surface area contributed by atoms with Crippen LogP contribution in [-0.2, 0) is 5.75 Å². The Morgan fingerprint density at radius 3 is 2.22 bits per heavy atom. The van der Waals surface area contributed by atoms with Crippen LogP contribution in [0.15, 0.2) is 77.7 Å². The molecule has 0 saturated carbocycles. The third-order valence-corrected chi connectivity index (χ3v) is 5.44. The van der Waals surface area contributed by atoms with E-state index in [1.165, 1.54) is 28.2 Å². The lowest BCUT2D eigenvalue weighted by atomic mass is 10.1. The van der Waals surface area contributed by atoms with Gasteiger partial charge in [-0.25, -0.2) is 4.39 Å². The van der Waals surface area contributed by atoms with Crippen molar-refractivity contribution in [3.63, 3.8) is 0 Å². The van der Waals surface area contributed by atoms with Crippen LogP contribution in [-0.4, -0.2) is 5.91 Å². The van der Waals surface area contributed by atoms with E-state index in [1.807, 2.05) is 31.2 Å². The molecule has 3 aromatic carbocycles.